The van der Waals surface area contributed by atoms with Crippen LogP contribution >= 0.6 is 23.7 Å². The van der Waals surface area contributed by atoms with Crippen LogP contribution in [-0.2, 0) is 11.3 Å². The Bertz CT molecular complexity index is 585. The Kier molecular flexibility index (Phi) is 5.41. The van der Waals surface area contributed by atoms with Crippen LogP contribution in [0.2, 0.25) is 0 Å². The Morgan fingerprint density at radius 1 is 1.52 bits per heavy atom. The number of furan rings is 1. The van der Waals surface area contributed by atoms with Crippen molar-refractivity contribution in [2.75, 3.05) is 19.7 Å². The molecule has 0 bridgehead atoms. The van der Waals surface area contributed by atoms with Crippen LogP contribution in [0.4, 0.5) is 0 Å². The van der Waals surface area contributed by atoms with Gasteiger partial charge in [0.1, 0.15) is 18.1 Å². The molecule has 1 aliphatic rings. The first kappa shape index (κ1) is 16.0. The Balaban J connectivity index is 0.00000161. The average molecular weight is 329 g/mol. The van der Waals surface area contributed by atoms with Crippen LogP contribution in [0.25, 0.3) is 0 Å². The molecule has 1 fully saturated rings. The third kappa shape index (κ3) is 3.47. The number of nitrogens with two attached hydrogens (primary N) is 1. The van der Waals surface area contributed by atoms with Gasteiger partial charge in [-0.3, -0.25) is 4.79 Å². The molecule has 21 heavy (non-hydrogen) atoms. The number of hydrogen-bond donors (Lipinski definition) is 1. The van der Waals surface area contributed by atoms with Crippen LogP contribution in [0.5, 0.6) is 0 Å². The minimum atomic E-state index is -0.0337. The minimum Gasteiger partial charge on any atom is -0.467 e. The number of carbonyl (C=O) groups is 1. The van der Waals surface area contributed by atoms with Gasteiger partial charge >= 0.3 is 0 Å². The van der Waals surface area contributed by atoms with Crippen LogP contribution in [0.15, 0.2) is 34.3 Å². The van der Waals surface area contributed by atoms with Gasteiger partial charge < -0.3 is 19.8 Å². The lowest BCUT2D eigenvalue weighted by molar-refractivity contribution is -0.0212. The maximum Gasteiger partial charge on any atom is 0.257 e. The summed E-state index contributed by atoms with van der Waals surface area (Å²) in [5.41, 5.74) is 6.04. The van der Waals surface area contributed by atoms with Crippen molar-refractivity contribution < 1.29 is 13.9 Å². The second-order valence-electron chi connectivity index (χ2n) is 4.63. The Hall–Kier alpha value is -1.34. The van der Waals surface area contributed by atoms with E-state index in [-0.39, 0.29) is 24.4 Å². The van der Waals surface area contributed by atoms with E-state index in [0.29, 0.717) is 37.6 Å². The van der Waals surface area contributed by atoms with Gasteiger partial charge in [-0.15, -0.1) is 23.7 Å². The number of morpholine rings is 1. The van der Waals surface area contributed by atoms with Gasteiger partial charge in [-0.05, 0) is 17.5 Å². The SMILES string of the molecule is Cl.NCc1cc(C(=O)N2CCOC(c3cccs3)C2)co1. The maximum atomic E-state index is 12.4. The Morgan fingerprint density at radius 3 is 3.05 bits per heavy atom. The molecule has 1 atom stereocenters. The summed E-state index contributed by atoms with van der Waals surface area (Å²) in [5, 5.41) is 2.02. The molecule has 3 heterocycles. The third-order valence-electron chi connectivity index (χ3n) is 3.32. The standard InChI is InChI=1S/C14H16N2O3S.ClH/c15-7-11-6-10(9-19-11)14(17)16-3-4-18-12(8-16)13-2-1-5-20-13;/h1-2,5-6,9,12H,3-4,7-8,15H2;1H. The first-order valence-electron chi connectivity index (χ1n) is 6.49. The van der Waals surface area contributed by atoms with Gasteiger partial charge in [-0.1, -0.05) is 6.07 Å². The topological polar surface area (TPSA) is 68.7 Å². The lowest BCUT2D eigenvalue weighted by Crippen LogP contribution is -2.41. The van der Waals surface area contributed by atoms with Gasteiger partial charge in [0.25, 0.3) is 5.91 Å². The molecule has 0 radical (unpaired) electrons. The van der Waals surface area contributed by atoms with Gasteiger partial charge in [-0.2, -0.15) is 0 Å². The number of halogens is 1. The lowest BCUT2D eigenvalue weighted by Gasteiger charge is -2.32. The third-order valence-corrected chi connectivity index (χ3v) is 4.28. The number of hydrogen-bond acceptors (Lipinski definition) is 5. The minimum absolute atomic E-state index is 0. The van der Waals surface area contributed by atoms with E-state index in [0.717, 1.165) is 4.88 Å². The summed E-state index contributed by atoms with van der Waals surface area (Å²) < 4.78 is 11.0. The number of nitrogens with zero attached hydrogens (tertiary/aromatic N) is 1. The van der Waals surface area contributed by atoms with Gasteiger partial charge in [-0.25, -0.2) is 0 Å². The number of carbonyl (C=O) groups excluding carboxylic acids is 1. The second-order valence-corrected chi connectivity index (χ2v) is 5.61. The van der Waals surface area contributed by atoms with E-state index in [2.05, 4.69) is 0 Å². The molecule has 0 saturated carbocycles. The fourth-order valence-electron chi connectivity index (χ4n) is 2.26. The quantitative estimate of drug-likeness (QED) is 0.939. The van der Waals surface area contributed by atoms with Crippen LogP contribution in [0.3, 0.4) is 0 Å². The summed E-state index contributed by atoms with van der Waals surface area (Å²) in [6.07, 6.45) is 1.44. The molecule has 5 nitrogen and oxygen atoms in total. The molecule has 2 aromatic rings. The van der Waals surface area contributed by atoms with E-state index in [1.54, 1.807) is 22.3 Å². The fraction of sp³-hybridized carbons (Fsp3) is 0.357. The first-order valence-corrected chi connectivity index (χ1v) is 7.37. The molecule has 1 aliphatic heterocycles. The van der Waals surface area contributed by atoms with Crippen molar-refractivity contribution in [3.8, 4) is 0 Å². The summed E-state index contributed by atoms with van der Waals surface area (Å²) >= 11 is 1.65. The van der Waals surface area contributed by atoms with Crippen molar-refractivity contribution in [1.82, 2.24) is 4.90 Å². The molecule has 1 amide bonds. The average Bonchev–Trinajstić information content (AvgIpc) is 3.17. The summed E-state index contributed by atoms with van der Waals surface area (Å²) in [7, 11) is 0. The van der Waals surface area contributed by atoms with Gasteiger partial charge in [0.15, 0.2) is 0 Å². The molecule has 0 aromatic carbocycles. The summed E-state index contributed by atoms with van der Waals surface area (Å²) in [4.78, 5) is 15.4. The number of amides is 1. The van der Waals surface area contributed by atoms with E-state index >= 15 is 0 Å². The second kappa shape index (κ2) is 7.09. The summed E-state index contributed by atoms with van der Waals surface area (Å²) in [6, 6.07) is 5.74. The Labute approximate surface area is 133 Å². The van der Waals surface area contributed by atoms with E-state index in [1.165, 1.54) is 6.26 Å². The van der Waals surface area contributed by atoms with Gasteiger partial charge in [0.05, 0.1) is 25.3 Å². The smallest absolute Gasteiger partial charge is 0.257 e. The van der Waals surface area contributed by atoms with Crippen molar-refractivity contribution in [3.63, 3.8) is 0 Å². The van der Waals surface area contributed by atoms with E-state index in [9.17, 15) is 4.79 Å². The number of ether oxygens (including phenoxy) is 1. The molecular weight excluding hydrogens is 312 g/mol. The maximum absolute atomic E-state index is 12.4. The zero-order chi connectivity index (χ0) is 13.9. The highest BCUT2D eigenvalue weighted by Crippen LogP contribution is 2.26. The van der Waals surface area contributed by atoms with E-state index in [4.69, 9.17) is 14.9 Å². The van der Waals surface area contributed by atoms with Gasteiger partial charge in [0, 0.05) is 11.4 Å². The highest BCUT2D eigenvalue weighted by atomic mass is 35.5. The van der Waals surface area contributed by atoms with Crippen LogP contribution in [-0.4, -0.2) is 30.5 Å². The molecule has 2 N–H and O–H groups in total. The van der Waals surface area contributed by atoms with Crippen LogP contribution in [0, 0.1) is 0 Å². The molecule has 0 aliphatic carbocycles. The molecule has 0 spiro atoms. The van der Waals surface area contributed by atoms with Crippen molar-refractivity contribution >= 4 is 29.7 Å². The number of thiophene rings is 1. The summed E-state index contributed by atoms with van der Waals surface area (Å²) in [5.74, 6) is 0.592. The van der Waals surface area contributed by atoms with Gasteiger partial charge in [0.2, 0.25) is 0 Å². The predicted octanol–water partition coefficient (Wildman–Crippen LogP) is 2.44. The molecular formula is C14H17ClN2O3S. The lowest BCUT2D eigenvalue weighted by atomic mass is 10.2. The largest absolute Gasteiger partial charge is 0.467 e. The predicted molar refractivity (Wildman–Crippen MR) is 82.8 cm³/mol. The van der Waals surface area contributed by atoms with Crippen molar-refractivity contribution in [2.45, 2.75) is 12.6 Å². The monoisotopic (exact) mass is 328 g/mol. The zero-order valence-electron chi connectivity index (χ0n) is 11.4. The highest BCUT2D eigenvalue weighted by molar-refractivity contribution is 7.10. The Morgan fingerprint density at radius 2 is 2.38 bits per heavy atom. The molecule has 1 unspecified atom stereocenters. The van der Waals surface area contributed by atoms with Crippen molar-refractivity contribution in [3.05, 3.63) is 46.0 Å². The molecule has 1 saturated heterocycles. The number of rotatable bonds is 3. The zero-order valence-corrected chi connectivity index (χ0v) is 13.0. The van der Waals surface area contributed by atoms with E-state index in [1.807, 2.05) is 17.5 Å². The van der Waals surface area contributed by atoms with Crippen molar-refractivity contribution in [1.29, 1.82) is 0 Å². The molecule has 114 valence electrons. The normalized spacial score (nSPS) is 18.3. The highest BCUT2D eigenvalue weighted by Gasteiger charge is 2.27. The van der Waals surface area contributed by atoms with Crippen molar-refractivity contribution in [2.24, 2.45) is 5.73 Å². The fourth-order valence-corrected chi connectivity index (χ4v) is 3.03. The summed E-state index contributed by atoms with van der Waals surface area (Å²) in [6.45, 7) is 2.02. The van der Waals surface area contributed by atoms with Crippen LogP contribution in [0.1, 0.15) is 27.1 Å². The van der Waals surface area contributed by atoms with Crippen LogP contribution < -0.4 is 5.73 Å². The molecule has 2 aromatic heterocycles. The first-order chi connectivity index (χ1) is 9.78. The van der Waals surface area contributed by atoms with E-state index < -0.39 is 0 Å². The molecule has 3 rings (SSSR count). The molecule has 7 heteroatoms.